The maximum absolute atomic E-state index is 13.0. The van der Waals surface area contributed by atoms with E-state index in [1.165, 1.54) is 30.5 Å². The lowest BCUT2D eigenvalue weighted by atomic mass is 9.95. The van der Waals surface area contributed by atoms with Gasteiger partial charge in [0.05, 0.1) is 30.0 Å². The lowest BCUT2D eigenvalue weighted by Crippen LogP contribution is -2.45. The van der Waals surface area contributed by atoms with Gasteiger partial charge in [0.25, 0.3) is 5.91 Å². The Kier molecular flexibility index (Phi) is 9.07. The van der Waals surface area contributed by atoms with Gasteiger partial charge in [-0.1, -0.05) is 30.3 Å². The number of hydrazone groups is 1. The van der Waals surface area contributed by atoms with Crippen molar-refractivity contribution in [2.75, 3.05) is 13.2 Å². The maximum atomic E-state index is 13.0. The van der Waals surface area contributed by atoms with Crippen molar-refractivity contribution in [1.29, 1.82) is 0 Å². The number of hydrogen-bond acceptors (Lipinski definition) is 7. The van der Waals surface area contributed by atoms with Crippen molar-refractivity contribution in [2.24, 2.45) is 5.10 Å². The van der Waals surface area contributed by atoms with Crippen LogP contribution >= 0.6 is 12.2 Å². The first-order valence-electron chi connectivity index (χ1n) is 12.3. The van der Waals surface area contributed by atoms with Crippen LogP contribution < -0.4 is 20.8 Å². The molecule has 0 bridgehead atoms. The molecule has 13 heteroatoms. The van der Waals surface area contributed by atoms with Crippen molar-refractivity contribution >= 4 is 35.4 Å². The highest BCUT2D eigenvalue weighted by atomic mass is 32.1. The van der Waals surface area contributed by atoms with E-state index in [4.69, 9.17) is 26.1 Å². The molecule has 1 amide bonds. The lowest BCUT2D eigenvalue weighted by Gasteiger charge is -2.30. The second kappa shape index (κ2) is 12.7. The number of alkyl halides is 3. The summed E-state index contributed by atoms with van der Waals surface area (Å²) in [5.74, 6) is -0.354. The molecule has 4 rings (SSSR count). The molecule has 9 nitrogen and oxygen atoms in total. The number of carbonyl (C=O) groups excluding carboxylic acids is 2. The summed E-state index contributed by atoms with van der Waals surface area (Å²) in [6.45, 7) is 3.20. The molecule has 1 aliphatic rings. The summed E-state index contributed by atoms with van der Waals surface area (Å²) in [6, 6.07) is 13.9. The number of ether oxygens (including phenoxy) is 2. The zero-order valence-electron chi connectivity index (χ0n) is 21.9. The number of amides is 1. The van der Waals surface area contributed by atoms with E-state index < -0.39 is 36.3 Å². The zero-order chi connectivity index (χ0) is 29.6. The molecule has 214 valence electrons. The maximum Gasteiger partial charge on any atom is 0.416 e. The van der Waals surface area contributed by atoms with E-state index in [1.807, 2.05) is 0 Å². The number of nitrogens with one attached hydrogen (secondary N) is 3. The van der Waals surface area contributed by atoms with Crippen LogP contribution in [0.25, 0.3) is 11.3 Å². The predicted octanol–water partition coefficient (Wildman–Crippen LogP) is 4.85. The Morgan fingerprint density at radius 1 is 1.15 bits per heavy atom. The molecular weight excluding hydrogens is 561 g/mol. The number of allylic oxidation sites excluding steroid dienone is 1. The SMILES string of the molecule is CCOC(=O)C1=C(C)NC(=S)N[C@@H]1c1ccccc1OCC(=O)NN=Cc1ccc(-c2cccc(C(F)(F)F)c2)o1. The van der Waals surface area contributed by atoms with Crippen molar-refractivity contribution in [1.82, 2.24) is 16.1 Å². The normalized spacial score (nSPS) is 15.3. The van der Waals surface area contributed by atoms with Crippen molar-refractivity contribution in [3.05, 3.63) is 88.8 Å². The van der Waals surface area contributed by atoms with Crippen LogP contribution in [-0.4, -0.2) is 36.4 Å². The van der Waals surface area contributed by atoms with Gasteiger partial charge >= 0.3 is 12.1 Å². The van der Waals surface area contributed by atoms with Crippen molar-refractivity contribution in [2.45, 2.75) is 26.1 Å². The fourth-order valence-corrected chi connectivity index (χ4v) is 4.30. The van der Waals surface area contributed by atoms with Crippen LogP contribution in [0.3, 0.4) is 0 Å². The molecule has 2 heterocycles. The molecule has 0 saturated heterocycles. The Morgan fingerprint density at radius 3 is 2.68 bits per heavy atom. The topological polar surface area (TPSA) is 114 Å². The Labute approximate surface area is 238 Å². The number of rotatable bonds is 9. The van der Waals surface area contributed by atoms with Gasteiger partial charge in [-0.25, -0.2) is 10.2 Å². The van der Waals surface area contributed by atoms with Crippen molar-refractivity contribution < 1.29 is 36.7 Å². The molecule has 0 radical (unpaired) electrons. The van der Waals surface area contributed by atoms with E-state index >= 15 is 0 Å². The molecule has 3 aromatic rings. The number of para-hydroxylation sites is 1. The van der Waals surface area contributed by atoms with Crippen LogP contribution in [-0.2, 0) is 20.5 Å². The first-order valence-corrected chi connectivity index (χ1v) is 12.7. The second-order valence-corrected chi connectivity index (χ2v) is 9.10. The summed E-state index contributed by atoms with van der Waals surface area (Å²) in [6.07, 6.45) is -3.27. The zero-order valence-corrected chi connectivity index (χ0v) is 22.7. The molecule has 1 aromatic heterocycles. The fraction of sp³-hybridized carbons (Fsp3) is 0.214. The van der Waals surface area contributed by atoms with Gasteiger partial charge in [0.15, 0.2) is 11.7 Å². The summed E-state index contributed by atoms with van der Waals surface area (Å²) in [5, 5.41) is 10.1. The van der Waals surface area contributed by atoms with E-state index in [1.54, 1.807) is 38.1 Å². The predicted molar refractivity (Wildman–Crippen MR) is 148 cm³/mol. The average molecular weight is 587 g/mol. The summed E-state index contributed by atoms with van der Waals surface area (Å²) < 4.78 is 55.5. The van der Waals surface area contributed by atoms with Gasteiger partial charge in [0, 0.05) is 16.8 Å². The van der Waals surface area contributed by atoms with Crippen molar-refractivity contribution in [3.63, 3.8) is 0 Å². The van der Waals surface area contributed by atoms with Crippen LogP contribution in [0.5, 0.6) is 5.75 Å². The van der Waals surface area contributed by atoms with Gasteiger partial charge in [-0.3, -0.25) is 4.79 Å². The highest BCUT2D eigenvalue weighted by Gasteiger charge is 2.33. The minimum atomic E-state index is -4.48. The number of thiocarbonyl (C=S) groups is 1. The monoisotopic (exact) mass is 586 g/mol. The third-order valence-electron chi connectivity index (χ3n) is 5.84. The molecule has 1 aliphatic heterocycles. The van der Waals surface area contributed by atoms with Gasteiger partial charge in [0.1, 0.15) is 17.3 Å². The second-order valence-electron chi connectivity index (χ2n) is 8.69. The minimum Gasteiger partial charge on any atom is -0.483 e. The molecule has 3 N–H and O–H groups in total. The Hall–Kier alpha value is -4.65. The first kappa shape index (κ1) is 29.3. The summed E-state index contributed by atoms with van der Waals surface area (Å²) >= 11 is 5.27. The minimum absolute atomic E-state index is 0.191. The number of hydrogen-bond donors (Lipinski definition) is 3. The number of halogens is 3. The average Bonchev–Trinajstić information content (AvgIpc) is 3.40. The third kappa shape index (κ3) is 7.31. The van der Waals surface area contributed by atoms with E-state index in [-0.39, 0.29) is 23.7 Å². The molecule has 0 unspecified atom stereocenters. The van der Waals surface area contributed by atoms with Crippen LogP contribution in [0.15, 0.2) is 81.5 Å². The Bertz CT molecular complexity index is 1520. The number of esters is 1. The van der Waals surface area contributed by atoms with E-state index in [2.05, 4.69) is 21.2 Å². The molecular formula is C28H25F3N4O5S. The van der Waals surface area contributed by atoms with Crippen LogP contribution in [0.2, 0.25) is 0 Å². The van der Waals surface area contributed by atoms with Gasteiger partial charge in [-0.05, 0) is 56.4 Å². The number of furan rings is 1. The van der Waals surface area contributed by atoms with Crippen LogP contribution in [0.1, 0.15) is 36.8 Å². The first-order chi connectivity index (χ1) is 19.6. The quantitative estimate of drug-likeness (QED) is 0.141. The molecule has 1 atom stereocenters. The third-order valence-corrected chi connectivity index (χ3v) is 6.06. The van der Waals surface area contributed by atoms with Gasteiger partial charge < -0.3 is 24.5 Å². The standard InChI is InChI=1S/C28H25F3N4O5S/c1-3-38-26(37)24-16(2)33-27(41)34-25(24)20-9-4-5-10-22(20)39-15-23(36)35-32-14-19-11-12-21(40-19)17-7-6-8-18(13-17)28(29,30)31/h4-14,25H,3,15H2,1-2H3,(H,35,36)(H2,33,34,41)/t25-/m1/s1. The van der Waals surface area contributed by atoms with Crippen molar-refractivity contribution in [3.8, 4) is 17.1 Å². The molecule has 0 aliphatic carbocycles. The number of benzene rings is 2. The smallest absolute Gasteiger partial charge is 0.416 e. The highest BCUT2D eigenvalue weighted by molar-refractivity contribution is 7.80. The molecule has 0 spiro atoms. The highest BCUT2D eigenvalue weighted by Crippen LogP contribution is 2.34. The molecule has 0 saturated carbocycles. The number of nitrogens with zero attached hydrogens (tertiary/aromatic N) is 1. The molecule has 2 aromatic carbocycles. The Morgan fingerprint density at radius 2 is 1.93 bits per heavy atom. The fourth-order valence-electron chi connectivity index (χ4n) is 4.03. The summed E-state index contributed by atoms with van der Waals surface area (Å²) in [5.41, 5.74) is 3.18. The van der Waals surface area contributed by atoms with Gasteiger partial charge in [-0.2, -0.15) is 18.3 Å². The van der Waals surface area contributed by atoms with E-state index in [0.717, 1.165) is 12.1 Å². The van der Waals surface area contributed by atoms with Crippen LogP contribution in [0.4, 0.5) is 13.2 Å². The van der Waals surface area contributed by atoms with Gasteiger partial charge in [0.2, 0.25) is 0 Å². The summed E-state index contributed by atoms with van der Waals surface area (Å²) in [7, 11) is 0. The van der Waals surface area contributed by atoms with Gasteiger partial charge in [-0.15, -0.1) is 0 Å². The largest absolute Gasteiger partial charge is 0.483 e. The molecule has 0 fully saturated rings. The molecule has 41 heavy (non-hydrogen) atoms. The number of carbonyl (C=O) groups is 2. The van der Waals surface area contributed by atoms with Crippen LogP contribution in [0, 0.1) is 0 Å². The Balaban J connectivity index is 1.40. The lowest BCUT2D eigenvalue weighted by molar-refractivity contribution is -0.139. The van der Waals surface area contributed by atoms with E-state index in [0.29, 0.717) is 27.7 Å². The van der Waals surface area contributed by atoms with E-state index in [9.17, 15) is 22.8 Å². The summed E-state index contributed by atoms with van der Waals surface area (Å²) in [4.78, 5) is 25.1.